The normalized spacial score (nSPS) is 12.7. The Bertz CT molecular complexity index is 380. The zero-order valence-corrected chi connectivity index (χ0v) is 21.2. The van der Waals surface area contributed by atoms with Gasteiger partial charge in [0.05, 0.1) is 25.7 Å². The maximum Gasteiger partial charge on any atom is 0.322 e. The van der Waals surface area contributed by atoms with E-state index in [2.05, 4.69) is 52.4 Å². The maximum atomic E-state index is 6.36. The average molecular weight is 437 g/mol. The van der Waals surface area contributed by atoms with Crippen LogP contribution in [0.5, 0.6) is 0 Å². The fraction of sp³-hybridized carbons (Fsp3) is 0.778. The van der Waals surface area contributed by atoms with E-state index in [-0.39, 0.29) is 0 Å². The van der Waals surface area contributed by atoms with Crippen LogP contribution in [0.4, 0.5) is 0 Å². The Morgan fingerprint density at radius 3 is 1.22 bits per heavy atom. The first-order valence-electron chi connectivity index (χ1n) is 9.67. The molecule has 0 aromatic heterocycles. The Balaban J connectivity index is 4.21. The lowest BCUT2D eigenvalue weighted by atomic mass is 10.3. The summed E-state index contributed by atoms with van der Waals surface area (Å²) in [6.45, 7) is 22.2. The largest absolute Gasteiger partial charge is 0.502 e. The van der Waals surface area contributed by atoms with Crippen molar-refractivity contribution in [3.63, 3.8) is 0 Å². The first-order valence-corrected chi connectivity index (χ1v) is 18.1. The SMILES string of the molecule is C=COCCCCO[Si](C)(C)O[Si](C)(C)O[Si](C)(C)OCCCCOC=C. The van der Waals surface area contributed by atoms with Crippen LogP contribution in [0.2, 0.25) is 39.3 Å². The van der Waals surface area contributed by atoms with Crippen molar-refractivity contribution >= 4 is 25.7 Å². The zero-order valence-electron chi connectivity index (χ0n) is 18.2. The first kappa shape index (κ1) is 26.6. The topological polar surface area (TPSA) is 55.4 Å². The van der Waals surface area contributed by atoms with Gasteiger partial charge in [0.15, 0.2) is 0 Å². The zero-order chi connectivity index (χ0) is 20.8. The van der Waals surface area contributed by atoms with E-state index in [0.29, 0.717) is 26.4 Å². The monoisotopic (exact) mass is 436 g/mol. The van der Waals surface area contributed by atoms with Gasteiger partial charge in [0.2, 0.25) is 0 Å². The van der Waals surface area contributed by atoms with Gasteiger partial charge in [-0.15, -0.1) is 0 Å². The molecular weight excluding hydrogens is 396 g/mol. The number of unbranched alkanes of at least 4 members (excludes halogenated alkanes) is 2. The Kier molecular flexibility index (Phi) is 13.5. The first-order chi connectivity index (χ1) is 12.5. The van der Waals surface area contributed by atoms with Gasteiger partial charge >= 0.3 is 25.7 Å². The number of hydrogen-bond donors (Lipinski definition) is 0. The molecule has 0 bridgehead atoms. The predicted molar refractivity (Wildman–Crippen MR) is 117 cm³/mol. The molecule has 0 aliphatic heterocycles. The van der Waals surface area contributed by atoms with E-state index >= 15 is 0 Å². The van der Waals surface area contributed by atoms with Gasteiger partial charge in [0, 0.05) is 13.2 Å². The van der Waals surface area contributed by atoms with Crippen LogP contribution in [0, 0.1) is 0 Å². The summed E-state index contributed by atoms with van der Waals surface area (Å²) in [5.41, 5.74) is 0. The Labute approximate surface area is 169 Å². The minimum atomic E-state index is -2.34. The van der Waals surface area contributed by atoms with Crippen molar-refractivity contribution in [2.24, 2.45) is 0 Å². The van der Waals surface area contributed by atoms with E-state index in [1.165, 1.54) is 12.5 Å². The summed E-state index contributed by atoms with van der Waals surface area (Å²) in [5, 5.41) is 0. The molecule has 0 aromatic carbocycles. The van der Waals surface area contributed by atoms with Gasteiger partial charge in [-0.25, -0.2) is 0 Å². The molecule has 27 heavy (non-hydrogen) atoms. The van der Waals surface area contributed by atoms with E-state index < -0.39 is 25.7 Å². The lowest BCUT2D eigenvalue weighted by molar-refractivity contribution is 0.185. The van der Waals surface area contributed by atoms with Crippen LogP contribution < -0.4 is 0 Å². The summed E-state index contributed by atoms with van der Waals surface area (Å²) in [6.07, 6.45) is 6.71. The molecule has 0 radical (unpaired) electrons. The summed E-state index contributed by atoms with van der Waals surface area (Å²) in [5.74, 6) is 0. The molecule has 0 atom stereocenters. The number of rotatable bonds is 18. The van der Waals surface area contributed by atoms with Crippen molar-refractivity contribution in [1.82, 2.24) is 0 Å². The van der Waals surface area contributed by atoms with Gasteiger partial charge in [0.25, 0.3) is 0 Å². The summed E-state index contributed by atoms with van der Waals surface area (Å²) in [7, 11) is -6.83. The number of hydrogen-bond acceptors (Lipinski definition) is 6. The standard InChI is InChI=1S/C18H40O6Si3/c1-9-19-15-11-13-17-21-25(3,4)23-27(7,8)24-26(5,6)22-18-14-12-16-20-10-2/h9-10H,1-2,11-18H2,3-8H3. The Hall–Kier alpha value is -0.429. The summed E-state index contributed by atoms with van der Waals surface area (Å²) in [4.78, 5) is 0. The van der Waals surface area contributed by atoms with E-state index in [4.69, 9.17) is 26.6 Å². The van der Waals surface area contributed by atoms with E-state index in [9.17, 15) is 0 Å². The Morgan fingerprint density at radius 2 is 0.889 bits per heavy atom. The molecule has 0 aliphatic carbocycles. The quantitative estimate of drug-likeness (QED) is 0.170. The molecule has 0 N–H and O–H groups in total. The van der Waals surface area contributed by atoms with Crippen LogP contribution in [-0.2, 0) is 26.6 Å². The van der Waals surface area contributed by atoms with Crippen LogP contribution in [0.1, 0.15) is 25.7 Å². The molecule has 160 valence electrons. The Morgan fingerprint density at radius 1 is 0.556 bits per heavy atom. The molecule has 0 saturated carbocycles. The van der Waals surface area contributed by atoms with Crippen molar-refractivity contribution < 1.29 is 26.6 Å². The van der Waals surface area contributed by atoms with Gasteiger partial charge in [-0.3, -0.25) is 0 Å². The van der Waals surface area contributed by atoms with Crippen LogP contribution in [0.15, 0.2) is 25.7 Å². The molecule has 0 unspecified atom stereocenters. The lowest BCUT2D eigenvalue weighted by Crippen LogP contribution is -2.54. The molecule has 0 saturated heterocycles. The molecule has 0 amide bonds. The van der Waals surface area contributed by atoms with Crippen molar-refractivity contribution in [3.8, 4) is 0 Å². The third kappa shape index (κ3) is 16.2. The second-order valence-corrected chi connectivity index (χ2v) is 18.2. The van der Waals surface area contributed by atoms with Crippen molar-refractivity contribution in [1.29, 1.82) is 0 Å². The third-order valence-electron chi connectivity index (χ3n) is 3.43. The van der Waals surface area contributed by atoms with Gasteiger partial charge < -0.3 is 26.6 Å². The molecule has 9 heteroatoms. The van der Waals surface area contributed by atoms with Crippen LogP contribution in [-0.4, -0.2) is 52.1 Å². The van der Waals surface area contributed by atoms with Gasteiger partial charge in [-0.2, -0.15) is 0 Å². The molecule has 0 aliphatic rings. The molecule has 0 spiro atoms. The molecular formula is C18H40O6Si3. The number of ether oxygens (including phenoxy) is 2. The minimum Gasteiger partial charge on any atom is -0.502 e. The second kappa shape index (κ2) is 13.7. The molecule has 0 heterocycles. The van der Waals surface area contributed by atoms with E-state index in [1.54, 1.807) is 0 Å². The van der Waals surface area contributed by atoms with E-state index in [0.717, 1.165) is 25.7 Å². The summed E-state index contributed by atoms with van der Waals surface area (Å²) >= 11 is 0. The highest BCUT2D eigenvalue weighted by molar-refractivity contribution is 6.84. The van der Waals surface area contributed by atoms with Crippen LogP contribution in [0.3, 0.4) is 0 Å². The summed E-state index contributed by atoms with van der Waals surface area (Å²) in [6, 6.07) is 0. The fourth-order valence-corrected chi connectivity index (χ4v) is 14.4. The van der Waals surface area contributed by atoms with Gasteiger partial charge in [-0.1, -0.05) is 13.2 Å². The molecule has 0 fully saturated rings. The third-order valence-corrected chi connectivity index (χ3v) is 13.1. The highest BCUT2D eigenvalue weighted by Crippen LogP contribution is 2.22. The summed E-state index contributed by atoms with van der Waals surface area (Å²) < 4.78 is 35.0. The van der Waals surface area contributed by atoms with Crippen molar-refractivity contribution in [3.05, 3.63) is 25.7 Å². The maximum absolute atomic E-state index is 6.36. The molecule has 0 aromatic rings. The van der Waals surface area contributed by atoms with Crippen molar-refractivity contribution in [2.75, 3.05) is 26.4 Å². The molecule has 0 rings (SSSR count). The lowest BCUT2D eigenvalue weighted by Gasteiger charge is -2.37. The van der Waals surface area contributed by atoms with Crippen molar-refractivity contribution in [2.45, 2.75) is 65.0 Å². The fourth-order valence-electron chi connectivity index (χ4n) is 2.64. The predicted octanol–water partition coefficient (Wildman–Crippen LogP) is 5.04. The average Bonchev–Trinajstić information content (AvgIpc) is 2.51. The van der Waals surface area contributed by atoms with Gasteiger partial charge in [0.1, 0.15) is 0 Å². The minimum absolute atomic E-state index is 0.675. The molecule has 6 nitrogen and oxygen atoms in total. The van der Waals surface area contributed by atoms with E-state index in [1.807, 2.05) is 0 Å². The second-order valence-electron chi connectivity index (χ2n) is 7.59. The van der Waals surface area contributed by atoms with Crippen LogP contribution >= 0.6 is 0 Å². The highest BCUT2D eigenvalue weighted by atomic mass is 28.5. The van der Waals surface area contributed by atoms with Gasteiger partial charge in [-0.05, 0) is 65.0 Å². The highest BCUT2D eigenvalue weighted by Gasteiger charge is 2.41. The van der Waals surface area contributed by atoms with Crippen LogP contribution in [0.25, 0.3) is 0 Å². The smallest absolute Gasteiger partial charge is 0.322 e.